The minimum absolute atomic E-state index is 0.102. The SMILES string of the molecule is Cc1ccccc1Oc1cc(CO)nc2ccccc12. The van der Waals surface area contributed by atoms with Crippen LogP contribution < -0.4 is 4.74 Å². The fourth-order valence-corrected chi connectivity index (χ4v) is 2.15. The quantitative estimate of drug-likeness (QED) is 0.782. The predicted octanol–water partition coefficient (Wildman–Crippen LogP) is 3.83. The lowest BCUT2D eigenvalue weighted by Gasteiger charge is -2.12. The Labute approximate surface area is 117 Å². The number of nitrogens with zero attached hydrogens (tertiary/aromatic N) is 1. The summed E-state index contributed by atoms with van der Waals surface area (Å²) in [6.45, 7) is 1.90. The Morgan fingerprint density at radius 2 is 1.75 bits per heavy atom. The van der Waals surface area contributed by atoms with Gasteiger partial charge in [-0.3, -0.25) is 4.98 Å². The van der Waals surface area contributed by atoms with Gasteiger partial charge in [0.05, 0.1) is 17.8 Å². The van der Waals surface area contributed by atoms with Gasteiger partial charge in [-0.05, 0) is 30.7 Å². The summed E-state index contributed by atoms with van der Waals surface area (Å²) < 4.78 is 6.01. The molecule has 0 saturated heterocycles. The first kappa shape index (κ1) is 12.6. The molecule has 0 radical (unpaired) electrons. The van der Waals surface area contributed by atoms with Crippen molar-refractivity contribution in [2.75, 3.05) is 0 Å². The van der Waals surface area contributed by atoms with Gasteiger partial charge in [-0.25, -0.2) is 0 Å². The van der Waals surface area contributed by atoms with Crippen LogP contribution in [0.4, 0.5) is 0 Å². The first-order valence-electron chi connectivity index (χ1n) is 6.51. The second-order valence-corrected chi connectivity index (χ2v) is 4.65. The molecule has 0 aliphatic heterocycles. The van der Waals surface area contributed by atoms with Crippen LogP contribution >= 0.6 is 0 Å². The minimum atomic E-state index is -0.102. The maximum atomic E-state index is 9.32. The molecule has 0 unspecified atom stereocenters. The molecule has 20 heavy (non-hydrogen) atoms. The van der Waals surface area contributed by atoms with Crippen molar-refractivity contribution < 1.29 is 9.84 Å². The van der Waals surface area contributed by atoms with E-state index in [1.54, 1.807) is 6.07 Å². The van der Waals surface area contributed by atoms with Crippen molar-refractivity contribution in [3.63, 3.8) is 0 Å². The Balaban J connectivity index is 2.13. The van der Waals surface area contributed by atoms with Crippen molar-refractivity contribution in [1.82, 2.24) is 4.98 Å². The van der Waals surface area contributed by atoms with E-state index in [2.05, 4.69) is 4.98 Å². The molecule has 0 spiro atoms. The van der Waals surface area contributed by atoms with Gasteiger partial charge in [0.25, 0.3) is 0 Å². The lowest BCUT2D eigenvalue weighted by atomic mass is 10.1. The second kappa shape index (κ2) is 5.31. The Hall–Kier alpha value is -2.39. The van der Waals surface area contributed by atoms with Gasteiger partial charge >= 0.3 is 0 Å². The molecule has 100 valence electrons. The molecule has 3 heteroatoms. The summed E-state index contributed by atoms with van der Waals surface area (Å²) >= 11 is 0. The summed E-state index contributed by atoms with van der Waals surface area (Å²) in [6, 6.07) is 17.4. The normalized spacial score (nSPS) is 10.7. The van der Waals surface area contributed by atoms with Crippen LogP contribution in [0.2, 0.25) is 0 Å². The summed E-state index contributed by atoms with van der Waals surface area (Å²) in [4.78, 5) is 4.39. The molecule has 0 fully saturated rings. The van der Waals surface area contributed by atoms with Gasteiger partial charge in [0, 0.05) is 11.5 Å². The van der Waals surface area contributed by atoms with E-state index in [1.807, 2.05) is 55.5 Å². The van der Waals surface area contributed by atoms with Crippen LogP contribution in [0.15, 0.2) is 54.6 Å². The number of aromatic nitrogens is 1. The fraction of sp³-hybridized carbons (Fsp3) is 0.118. The molecule has 1 aromatic heterocycles. The fourth-order valence-electron chi connectivity index (χ4n) is 2.15. The summed E-state index contributed by atoms with van der Waals surface area (Å²) in [5.74, 6) is 1.53. The number of rotatable bonds is 3. The molecule has 1 N–H and O–H groups in total. The van der Waals surface area contributed by atoms with Crippen LogP contribution in [0.25, 0.3) is 10.9 Å². The van der Waals surface area contributed by atoms with Crippen molar-refractivity contribution in [2.24, 2.45) is 0 Å². The molecule has 2 aromatic carbocycles. The van der Waals surface area contributed by atoms with Crippen molar-refractivity contribution in [1.29, 1.82) is 0 Å². The third-order valence-electron chi connectivity index (χ3n) is 3.21. The molecule has 0 aliphatic rings. The predicted molar refractivity (Wildman–Crippen MR) is 78.9 cm³/mol. The third-order valence-corrected chi connectivity index (χ3v) is 3.21. The molecule has 3 aromatic rings. The van der Waals surface area contributed by atoms with E-state index in [0.29, 0.717) is 11.4 Å². The van der Waals surface area contributed by atoms with E-state index in [0.717, 1.165) is 22.2 Å². The van der Waals surface area contributed by atoms with Gasteiger partial charge in [0.1, 0.15) is 11.5 Å². The van der Waals surface area contributed by atoms with E-state index in [9.17, 15) is 5.11 Å². The van der Waals surface area contributed by atoms with Crippen molar-refractivity contribution >= 4 is 10.9 Å². The van der Waals surface area contributed by atoms with Gasteiger partial charge in [-0.1, -0.05) is 30.3 Å². The van der Waals surface area contributed by atoms with Crippen molar-refractivity contribution in [2.45, 2.75) is 13.5 Å². The summed E-state index contributed by atoms with van der Waals surface area (Å²) in [5.41, 5.74) is 2.49. The van der Waals surface area contributed by atoms with Gasteiger partial charge in [-0.2, -0.15) is 0 Å². The highest BCUT2D eigenvalue weighted by molar-refractivity contribution is 5.85. The zero-order valence-electron chi connectivity index (χ0n) is 11.2. The largest absolute Gasteiger partial charge is 0.456 e. The summed E-state index contributed by atoms with van der Waals surface area (Å²) in [5, 5.41) is 10.3. The highest BCUT2D eigenvalue weighted by Gasteiger charge is 2.08. The monoisotopic (exact) mass is 265 g/mol. The molecular formula is C17H15NO2. The first-order chi connectivity index (χ1) is 9.78. The topological polar surface area (TPSA) is 42.4 Å². The maximum absolute atomic E-state index is 9.32. The number of aliphatic hydroxyl groups is 1. The molecule has 3 nitrogen and oxygen atoms in total. The number of fused-ring (bicyclic) bond motifs is 1. The molecule has 3 rings (SSSR count). The number of pyridine rings is 1. The van der Waals surface area contributed by atoms with E-state index < -0.39 is 0 Å². The summed E-state index contributed by atoms with van der Waals surface area (Å²) in [6.07, 6.45) is 0. The van der Waals surface area contributed by atoms with Crippen LogP contribution in [-0.2, 0) is 6.61 Å². The standard InChI is InChI=1S/C17H15NO2/c1-12-6-2-5-9-16(12)20-17-10-13(11-19)18-15-8-4-3-7-14(15)17/h2-10,19H,11H2,1H3. The van der Waals surface area contributed by atoms with E-state index >= 15 is 0 Å². The zero-order valence-corrected chi connectivity index (χ0v) is 11.2. The lowest BCUT2D eigenvalue weighted by Crippen LogP contribution is -1.94. The molecule has 1 heterocycles. The number of benzene rings is 2. The first-order valence-corrected chi connectivity index (χ1v) is 6.51. The molecule has 0 bridgehead atoms. The summed E-state index contributed by atoms with van der Waals surface area (Å²) in [7, 11) is 0. The highest BCUT2D eigenvalue weighted by Crippen LogP contribution is 2.31. The lowest BCUT2D eigenvalue weighted by molar-refractivity contribution is 0.276. The average molecular weight is 265 g/mol. The van der Waals surface area contributed by atoms with Crippen LogP contribution in [0, 0.1) is 6.92 Å². The second-order valence-electron chi connectivity index (χ2n) is 4.65. The molecule has 0 atom stereocenters. The van der Waals surface area contributed by atoms with Gasteiger partial charge in [0.2, 0.25) is 0 Å². The number of aryl methyl sites for hydroxylation is 1. The zero-order chi connectivity index (χ0) is 13.9. The molecule has 0 saturated carbocycles. The average Bonchev–Trinajstić information content (AvgIpc) is 2.49. The number of hydrogen-bond acceptors (Lipinski definition) is 3. The van der Waals surface area contributed by atoms with Crippen molar-refractivity contribution in [3.8, 4) is 11.5 Å². The molecular weight excluding hydrogens is 250 g/mol. The van der Waals surface area contributed by atoms with Crippen molar-refractivity contribution in [3.05, 3.63) is 65.9 Å². The number of ether oxygens (including phenoxy) is 1. The highest BCUT2D eigenvalue weighted by atomic mass is 16.5. The molecule has 0 amide bonds. The van der Waals surface area contributed by atoms with E-state index in [-0.39, 0.29) is 6.61 Å². The number of para-hydroxylation sites is 2. The third kappa shape index (κ3) is 2.36. The van der Waals surface area contributed by atoms with Crippen LogP contribution in [0.1, 0.15) is 11.3 Å². The Bertz CT molecular complexity index is 753. The maximum Gasteiger partial charge on any atom is 0.138 e. The van der Waals surface area contributed by atoms with E-state index in [1.165, 1.54) is 0 Å². The van der Waals surface area contributed by atoms with Crippen LogP contribution in [0.3, 0.4) is 0 Å². The number of hydrogen-bond donors (Lipinski definition) is 1. The van der Waals surface area contributed by atoms with E-state index in [4.69, 9.17) is 4.74 Å². The Morgan fingerprint density at radius 1 is 1.00 bits per heavy atom. The van der Waals surface area contributed by atoms with Gasteiger partial charge < -0.3 is 9.84 Å². The van der Waals surface area contributed by atoms with Gasteiger partial charge in [-0.15, -0.1) is 0 Å². The minimum Gasteiger partial charge on any atom is -0.456 e. The van der Waals surface area contributed by atoms with Gasteiger partial charge in [0.15, 0.2) is 0 Å². The smallest absolute Gasteiger partial charge is 0.138 e. The van der Waals surface area contributed by atoms with Crippen LogP contribution in [0.5, 0.6) is 11.5 Å². The Morgan fingerprint density at radius 3 is 2.55 bits per heavy atom. The Kier molecular flexibility index (Phi) is 3.35. The number of aliphatic hydroxyl groups excluding tert-OH is 1. The molecule has 0 aliphatic carbocycles. The van der Waals surface area contributed by atoms with Crippen LogP contribution in [-0.4, -0.2) is 10.1 Å².